The van der Waals surface area contributed by atoms with Gasteiger partial charge in [-0.05, 0) is 18.8 Å². The average molecular weight is 603 g/mol. The lowest BCUT2D eigenvalue weighted by molar-refractivity contribution is -0.144. The summed E-state index contributed by atoms with van der Waals surface area (Å²) in [6.07, 6.45) is -3.04. The summed E-state index contributed by atoms with van der Waals surface area (Å²) in [7, 11) is 0. The third-order valence-electron chi connectivity index (χ3n) is 5.62. The lowest BCUT2D eigenvalue weighted by Crippen LogP contribution is -2.60. The van der Waals surface area contributed by atoms with Crippen molar-refractivity contribution in [2.75, 3.05) is 0 Å². The maximum absolute atomic E-state index is 13.1. The Bertz CT molecular complexity index is 1070. The number of aliphatic carboxylic acids is 2. The first-order valence-electron chi connectivity index (χ1n) is 12.6. The van der Waals surface area contributed by atoms with Gasteiger partial charge in [-0.3, -0.25) is 38.4 Å². The van der Waals surface area contributed by atoms with Crippen LogP contribution < -0.4 is 44.2 Å². The molecule has 0 unspecified atom stereocenters. The Hall–Kier alpha value is -4.81. The van der Waals surface area contributed by atoms with Gasteiger partial charge in [0.1, 0.15) is 24.2 Å². The normalized spacial score (nSPS) is 14.3. The van der Waals surface area contributed by atoms with Crippen molar-refractivity contribution in [1.29, 1.82) is 0 Å². The predicted octanol–water partition coefficient (Wildman–Crippen LogP) is -5.13. The highest BCUT2D eigenvalue weighted by Crippen LogP contribution is 2.08. The number of carboxylic acids is 2. The van der Waals surface area contributed by atoms with E-state index in [2.05, 4.69) is 16.0 Å². The van der Waals surface area contributed by atoms with Crippen molar-refractivity contribution >= 4 is 53.3 Å². The zero-order chi connectivity index (χ0) is 32.7. The van der Waals surface area contributed by atoms with E-state index < -0.39 is 115 Å². The quantitative estimate of drug-likeness (QED) is 0.0625. The first kappa shape index (κ1) is 37.2. The van der Waals surface area contributed by atoms with Crippen LogP contribution in [0.5, 0.6) is 0 Å². The van der Waals surface area contributed by atoms with E-state index >= 15 is 0 Å². The van der Waals surface area contributed by atoms with Gasteiger partial charge >= 0.3 is 11.9 Å². The number of carbonyl (C=O) groups excluding carboxylic acids is 7. The molecule has 0 aliphatic heterocycles. The van der Waals surface area contributed by atoms with Crippen LogP contribution in [0.2, 0.25) is 0 Å². The van der Waals surface area contributed by atoms with Gasteiger partial charge in [0.15, 0.2) is 0 Å². The number of hydrogen-bond acceptors (Lipinski definition) is 10. The van der Waals surface area contributed by atoms with Crippen molar-refractivity contribution in [1.82, 2.24) is 21.3 Å². The largest absolute Gasteiger partial charge is 0.481 e. The van der Waals surface area contributed by atoms with Crippen molar-refractivity contribution in [3.8, 4) is 0 Å². The van der Waals surface area contributed by atoms with Crippen molar-refractivity contribution in [3.63, 3.8) is 0 Å². The molecule has 0 aromatic rings. The molecule has 0 spiro atoms. The summed E-state index contributed by atoms with van der Waals surface area (Å²) < 4.78 is 0. The Morgan fingerprint density at radius 3 is 1.48 bits per heavy atom. The van der Waals surface area contributed by atoms with Gasteiger partial charge in [0.2, 0.25) is 41.4 Å². The first-order chi connectivity index (χ1) is 19.3. The lowest BCUT2D eigenvalue weighted by Gasteiger charge is -2.27. The third kappa shape index (κ3) is 14.5. The van der Waals surface area contributed by atoms with Gasteiger partial charge in [0.25, 0.3) is 0 Å². The molecule has 0 fully saturated rings. The zero-order valence-corrected chi connectivity index (χ0v) is 23.1. The molecular formula is C23H38N8O11. The van der Waals surface area contributed by atoms with Crippen LogP contribution in [0.15, 0.2) is 0 Å². The van der Waals surface area contributed by atoms with Gasteiger partial charge in [0.05, 0.1) is 18.9 Å². The van der Waals surface area contributed by atoms with Gasteiger partial charge in [-0.1, -0.05) is 13.8 Å². The van der Waals surface area contributed by atoms with E-state index in [9.17, 15) is 53.4 Å². The lowest BCUT2D eigenvalue weighted by atomic mass is 10.0. The van der Waals surface area contributed by atoms with Crippen LogP contribution in [0.3, 0.4) is 0 Å². The Morgan fingerprint density at radius 1 is 0.595 bits per heavy atom. The summed E-state index contributed by atoms with van der Waals surface area (Å²) in [5, 5.41) is 27.3. The Labute approximate surface area is 239 Å². The van der Waals surface area contributed by atoms with Crippen LogP contribution in [0.1, 0.15) is 52.4 Å². The molecule has 5 atom stereocenters. The molecule has 0 bridgehead atoms. The standard InChI is InChI=1S/C23H38N8O11/c1-9(2)18(31-20(38)11(3-5-14(25)32)28-19(37)10(24)7-16(27)34)22(40)30-13(8-17(35)36)21(39)29-12(23(41)42)4-6-15(26)33/h9-13,18H,3-8,24H2,1-2H3,(H2,25,32)(H2,26,33)(H2,27,34)(H,28,37)(H,29,39)(H,30,40)(H,31,38)(H,35,36)(H,41,42)/t10-,11-,12-,13-,18-/m0/s1. The van der Waals surface area contributed by atoms with Gasteiger partial charge in [0, 0.05) is 12.8 Å². The van der Waals surface area contributed by atoms with E-state index in [1.807, 2.05) is 5.32 Å². The maximum Gasteiger partial charge on any atom is 0.326 e. The van der Waals surface area contributed by atoms with Crippen molar-refractivity contribution in [3.05, 3.63) is 0 Å². The minimum absolute atomic E-state index is 0.325. The number of nitrogens with one attached hydrogen (secondary N) is 4. The molecule has 19 nitrogen and oxygen atoms in total. The molecule has 0 aliphatic carbocycles. The van der Waals surface area contributed by atoms with Gasteiger partial charge in [-0.2, -0.15) is 0 Å². The highest BCUT2D eigenvalue weighted by molar-refractivity contribution is 5.97. The van der Waals surface area contributed by atoms with E-state index in [1.54, 1.807) is 0 Å². The second kappa shape index (κ2) is 17.8. The minimum Gasteiger partial charge on any atom is -0.481 e. The number of primary amides is 3. The van der Waals surface area contributed by atoms with Crippen molar-refractivity contribution in [2.45, 2.75) is 82.6 Å². The molecule has 0 rings (SSSR count). The fraction of sp³-hybridized carbons (Fsp3) is 0.609. The van der Waals surface area contributed by atoms with Gasteiger partial charge in [-0.25, -0.2) is 4.79 Å². The number of hydrogen-bond donors (Lipinski definition) is 10. The smallest absolute Gasteiger partial charge is 0.326 e. The zero-order valence-electron chi connectivity index (χ0n) is 23.1. The maximum atomic E-state index is 13.1. The number of carbonyl (C=O) groups is 9. The van der Waals surface area contributed by atoms with Crippen LogP contribution >= 0.6 is 0 Å². The van der Waals surface area contributed by atoms with Crippen LogP contribution in [0.4, 0.5) is 0 Å². The molecule has 0 saturated carbocycles. The van der Waals surface area contributed by atoms with Gasteiger partial charge in [-0.15, -0.1) is 0 Å². The number of rotatable bonds is 20. The predicted molar refractivity (Wildman–Crippen MR) is 141 cm³/mol. The average Bonchev–Trinajstić information content (AvgIpc) is 2.85. The molecule has 236 valence electrons. The SMILES string of the molecule is CC(C)[C@H](NC(=O)[C@H](CCC(N)=O)NC(=O)[C@@H](N)CC(N)=O)C(=O)N[C@@H](CC(=O)O)C(=O)N[C@@H](CCC(N)=O)C(=O)O. The molecule has 0 saturated heterocycles. The van der Waals surface area contributed by atoms with Gasteiger partial charge < -0.3 is 54.4 Å². The number of carboxylic acid groups (broad SMARTS) is 2. The summed E-state index contributed by atoms with van der Waals surface area (Å²) in [5.74, 6) is -10.5. The summed E-state index contributed by atoms with van der Waals surface area (Å²) in [6.45, 7) is 2.97. The molecular weight excluding hydrogens is 564 g/mol. The molecule has 0 heterocycles. The molecule has 0 aliphatic rings. The molecule has 19 heteroatoms. The monoisotopic (exact) mass is 602 g/mol. The van der Waals surface area contributed by atoms with E-state index in [4.69, 9.17) is 22.9 Å². The second-order valence-electron chi connectivity index (χ2n) is 9.64. The minimum atomic E-state index is -1.80. The molecule has 42 heavy (non-hydrogen) atoms. The summed E-state index contributed by atoms with van der Waals surface area (Å²) in [6, 6.07) is -7.75. The van der Waals surface area contributed by atoms with Crippen LogP contribution in [0, 0.1) is 5.92 Å². The van der Waals surface area contributed by atoms with Crippen molar-refractivity contribution in [2.24, 2.45) is 28.9 Å². The molecule has 7 amide bonds. The number of amides is 7. The topological polar surface area (TPSA) is 346 Å². The van der Waals surface area contributed by atoms with E-state index in [1.165, 1.54) is 13.8 Å². The fourth-order valence-electron chi connectivity index (χ4n) is 3.39. The highest BCUT2D eigenvalue weighted by Gasteiger charge is 2.34. The van der Waals surface area contributed by atoms with Crippen LogP contribution in [-0.4, -0.2) is 93.7 Å². The van der Waals surface area contributed by atoms with E-state index in [-0.39, 0.29) is 12.8 Å². The summed E-state index contributed by atoms with van der Waals surface area (Å²) in [5.41, 5.74) is 20.7. The van der Waals surface area contributed by atoms with E-state index in [0.717, 1.165) is 0 Å². The van der Waals surface area contributed by atoms with E-state index in [0.29, 0.717) is 0 Å². The molecule has 14 N–H and O–H groups in total. The Kier molecular flexibility index (Phi) is 15.8. The molecule has 0 aromatic heterocycles. The third-order valence-corrected chi connectivity index (χ3v) is 5.62. The first-order valence-corrected chi connectivity index (χ1v) is 12.6. The number of nitrogens with two attached hydrogens (primary N) is 4. The molecule has 0 aromatic carbocycles. The summed E-state index contributed by atoms with van der Waals surface area (Å²) >= 11 is 0. The van der Waals surface area contributed by atoms with Crippen LogP contribution in [-0.2, 0) is 43.2 Å². The van der Waals surface area contributed by atoms with Crippen molar-refractivity contribution < 1.29 is 53.4 Å². The Balaban J connectivity index is 5.85. The summed E-state index contributed by atoms with van der Waals surface area (Å²) in [4.78, 5) is 107. The fourth-order valence-corrected chi connectivity index (χ4v) is 3.39. The second-order valence-corrected chi connectivity index (χ2v) is 9.64. The molecule has 0 radical (unpaired) electrons. The van der Waals surface area contributed by atoms with Crippen LogP contribution in [0.25, 0.3) is 0 Å². The highest BCUT2D eigenvalue weighted by atomic mass is 16.4. The Morgan fingerprint density at radius 2 is 1.05 bits per heavy atom.